The van der Waals surface area contributed by atoms with Crippen molar-refractivity contribution in [1.29, 1.82) is 0 Å². The van der Waals surface area contributed by atoms with E-state index in [2.05, 4.69) is 22.6 Å². The molecule has 0 saturated carbocycles. The van der Waals surface area contributed by atoms with E-state index in [-0.39, 0.29) is 17.7 Å². The van der Waals surface area contributed by atoms with Crippen LogP contribution in [0.1, 0.15) is 11.1 Å². The normalized spacial score (nSPS) is 16.3. The molecule has 3 rings (SSSR count). The number of rotatable bonds is 3. The van der Waals surface area contributed by atoms with Crippen molar-refractivity contribution < 1.29 is 9.59 Å². The molecule has 0 radical (unpaired) electrons. The number of imide groups is 1. The lowest BCUT2D eigenvalue weighted by atomic mass is 10.2. The van der Waals surface area contributed by atoms with Crippen LogP contribution in [0.5, 0.6) is 0 Å². The van der Waals surface area contributed by atoms with E-state index in [1.54, 1.807) is 24.3 Å². The van der Waals surface area contributed by atoms with Gasteiger partial charge in [-0.25, -0.2) is 0 Å². The molecule has 3 nitrogen and oxygen atoms in total. The molecular weight excluding hydrogens is 480 g/mol. The van der Waals surface area contributed by atoms with Crippen molar-refractivity contribution in [1.82, 2.24) is 4.90 Å². The Labute approximate surface area is 167 Å². The zero-order valence-corrected chi connectivity index (χ0v) is 16.6. The monoisotopic (exact) mass is 489 g/mol. The third kappa shape index (κ3) is 3.79. The first-order chi connectivity index (χ1) is 11.5. The predicted octanol–water partition coefficient (Wildman–Crippen LogP) is 5.83. The third-order valence-electron chi connectivity index (χ3n) is 3.40. The fraction of sp³-hybridized carbons (Fsp3) is 0.0588. The Bertz CT molecular complexity index is 832. The highest BCUT2D eigenvalue weighted by molar-refractivity contribution is 14.1. The quantitative estimate of drug-likeness (QED) is 0.401. The summed E-state index contributed by atoms with van der Waals surface area (Å²) in [4.78, 5) is 26.3. The van der Waals surface area contributed by atoms with Gasteiger partial charge in [0, 0.05) is 19.2 Å². The molecule has 7 heteroatoms. The maximum atomic E-state index is 12.5. The molecule has 24 heavy (non-hydrogen) atoms. The summed E-state index contributed by atoms with van der Waals surface area (Å²) in [6, 6.07) is 12.8. The Morgan fingerprint density at radius 3 is 2.29 bits per heavy atom. The van der Waals surface area contributed by atoms with E-state index >= 15 is 0 Å². The summed E-state index contributed by atoms with van der Waals surface area (Å²) >= 11 is 15.3. The first kappa shape index (κ1) is 17.8. The first-order valence-corrected chi connectivity index (χ1v) is 9.54. The largest absolute Gasteiger partial charge is 0.293 e. The molecular formula is C17H10Cl2INO2S. The third-order valence-corrected chi connectivity index (χ3v) is 5.69. The highest BCUT2D eigenvalue weighted by Crippen LogP contribution is 2.36. The number of hydrogen-bond acceptors (Lipinski definition) is 3. The van der Waals surface area contributed by atoms with Crippen molar-refractivity contribution in [2.24, 2.45) is 0 Å². The lowest BCUT2D eigenvalue weighted by Gasteiger charge is -2.12. The average molecular weight is 490 g/mol. The van der Waals surface area contributed by atoms with Crippen LogP contribution in [0.3, 0.4) is 0 Å². The molecule has 1 aliphatic heterocycles. The van der Waals surface area contributed by atoms with Gasteiger partial charge in [-0.1, -0.05) is 41.4 Å². The number of carbonyl (C=O) groups is 2. The van der Waals surface area contributed by atoms with Gasteiger partial charge in [0.2, 0.25) is 0 Å². The summed E-state index contributed by atoms with van der Waals surface area (Å²) in [5.74, 6) is -0.334. The van der Waals surface area contributed by atoms with E-state index in [0.29, 0.717) is 20.5 Å². The summed E-state index contributed by atoms with van der Waals surface area (Å²) in [6.07, 6.45) is 1.57. The van der Waals surface area contributed by atoms with Crippen LogP contribution in [0.4, 0.5) is 4.79 Å². The van der Waals surface area contributed by atoms with Crippen molar-refractivity contribution in [3.05, 3.63) is 72.1 Å². The Kier molecular flexibility index (Phi) is 5.54. The molecule has 2 amide bonds. The molecule has 0 aliphatic carbocycles. The van der Waals surface area contributed by atoms with Crippen LogP contribution in [-0.4, -0.2) is 16.0 Å². The molecule has 1 heterocycles. The average Bonchev–Trinajstić information content (AvgIpc) is 2.80. The van der Waals surface area contributed by atoms with Gasteiger partial charge < -0.3 is 0 Å². The van der Waals surface area contributed by atoms with Gasteiger partial charge in [0.1, 0.15) is 0 Å². The predicted molar refractivity (Wildman–Crippen MR) is 107 cm³/mol. The lowest BCUT2D eigenvalue weighted by molar-refractivity contribution is -0.123. The van der Waals surface area contributed by atoms with E-state index in [1.165, 1.54) is 4.90 Å². The van der Waals surface area contributed by atoms with Crippen LogP contribution in [-0.2, 0) is 11.3 Å². The number of benzene rings is 2. The van der Waals surface area contributed by atoms with E-state index in [1.807, 2.05) is 24.3 Å². The Morgan fingerprint density at radius 1 is 1.04 bits per heavy atom. The molecule has 122 valence electrons. The van der Waals surface area contributed by atoms with Crippen LogP contribution in [0.2, 0.25) is 10.0 Å². The van der Waals surface area contributed by atoms with Crippen molar-refractivity contribution in [2.45, 2.75) is 6.54 Å². The van der Waals surface area contributed by atoms with E-state index < -0.39 is 0 Å². The summed E-state index contributed by atoms with van der Waals surface area (Å²) in [5, 5.41) is 0.576. The SMILES string of the molecule is O=C1S/C(=C\c2c(Cl)cccc2Cl)C(=O)N1Cc1ccc(I)cc1. The van der Waals surface area contributed by atoms with Gasteiger partial charge in [-0.3, -0.25) is 14.5 Å². The van der Waals surface area contributed by atoms with Crippen LogP contribution < -0.4 is 0 Å². The molecule has 0 bridgehead atoms. The van der Waals surface area contributed by atoms with Crippen molar-refractivity contribution in [2.75, 3.05) is 0 Å². The molecule has 2 aromatic carbocycles. The van der Waals surface area contributed by atoms with Crippen molar-refractivity contribution in [3.63, 3.8) is 0 Å². The minimum atomic E-state index is -0.334. The Balaban J connectivity index is 1.86. The minimum absolute atomic E-state index is 0.245. The van der Waals surface area contributed by atoms with Crippen LogP contribution in [0.25, 0.3) is 6.08 Å². The second-order valence-corrected chi connectivity index (χ2v) is 8.08. The second kappa shape index (κ2) is 7.47. The highest BCUT2D eigenvalue weighted by Gasteiger charge is 2.35. The maximum absolute atomic E-state index is 12.5. The van der Waals surface area contributed by atoms with Crippen molar-refractivity contribution >= 4 is 74.8 Å². The van der Waals surface area contributed by atoms with E-state index in [4.69, 9.17) is 23.2 Å². The molecule has 2 aromatic rings. The van der Waals surface area contributed by atoms with E-state index in [9.17, 15) is 9.59 Å². The molecule has 1 aliphatic rings. The number of halogens is 3. The zero-order valence-electron chi connectivity index (χ0n) is 12.1. The molecule has 0 spiro atoms. The Hall–Kier alpha value is -1.02. The summed E-state index contributed by atoms with van der Waals surface area (Å²) in [7, 11) is 0. The number of nitrogens with zero attached hydrogens (tertiary/aromatic N) is 1. The summed E-state index contributed by atoms with van der Waals surface area (Å²) in [6.45, 7) is 0.245. The molecule has 0 atom stereocenters. The van der Waals surface area contributed by atoms with Crippen LogP contribution in [0, 0.1) is 3.57 Å². The number of amides is 2. The Morgan fingerprint density at radius 2 is 1.67 bits per heavy atom. The number of carbonyl (C=O) groups excluding carboxylic acids is 2. The first-order valence-electron chi connectivity index (χ1n) is 6.89. The number of hydrogen-bond donors (Lipinski definition) is 0. The molecule has 1 saturated heterocycles. The van der Waals surface area contributed by atoms with Gasteiger partial charge in [-0.2, -0.15) is 0 Å². The molecule has 1 fully saturated rings. The summed E-state index contributed by atoms with van der Waals surface area (Å²) in [5.41, 5.74) is 1.44. The van der Waals surface area contributed by atoms with Gasteiger partial charge in [0.05, 0.1) is 11.4 Å². The molecule has 0 unspecified atom stereocenters. The van der Waals surface area contributed by atoms with Gasteiger partial charge in [0.15, 0.2) is 0 Å². The summed E-state index contributed by atoms with van der Waals surface area (Å²) < 4.78 is 1.10. The molecule has 0 aromatic heterocycles. The van der Waals surface area contributed by atoms with Gasteiger partial charge in [-0.15, -0.1) is 0 Å². The lowest BCUT2D eigenvalue weighted by Crippen LogP contribution is -2.27. The fourth-order valence-corrected chi connectivity index (χ4v) is 3.87. The van der Waals surface area contributed by atoms with Gasteiger partial charge in [-0.05, 0) is 70.3 Å². The zero-order chi connectivity index (χ0) is 17.3. The fourth-order valence-electron chi connectivity index (χ4n) is 2.19. The van der Waals surface area contributed by atoms with Gasteiger partial charge in [0.25, 0.3) is 11.1 Å². The van der Waals surface area contributed by atoms with Crippen molar-refractivity contribution in [3.8, 4) is 0 Å². The maximum Gasteiger partial charge on any atom is 0.293 e. The topological polar surface area (TPSA) is 37.4 Å². The second-order valence-electron chi connectivity index (χ2n) is 5.03. The van der Waals surface area contributed by atoms with Crippen LogP contribution >= 0.6 is 57.6 Å². The number of thioether (sulfide) groups is 1. The van der Waals surface area contributed by atoms with Crippen LogP contribution in [0.15, 0.2) is 47.4 Å². The minimum Gasteiger partial charge on any atom is -0.268 e. The van der Waals surface area contributed by atoms with Gasteiger partial charge >= 0.3 is 0 Å². The standard InChI is InChI=1S/C17H10Cl2INO2S/c18-13-2-1-3-14(19)12(13)8-15-16(22)21(17(23)24-15)9-10-4-6-11(20)7-5-10/h1-8H,9H2/b15-8-. The smallest absolute Gasteiger partial charge is 0.268 e. The van der Waals surface area contributed by atoms with E-state index in [0.717, 1.165) is 20.9 Å². The highest BCUT2D eigenvalue weighted by atomic mass is 127. The molecule has 0 N–H and O–H groups in total.